The largest absolute Gasteiger partial charge is 0.494 e. The third-order valence-electron chi connectivity index (χ3n) is 2.34. The summed E-state index contributed by atoms with van der Waals surface area (Å²) in [6, 6.07) is 7.10. The van der Waals surface area contributed by atoms with Gasteiger partial charge in [0.1, 0.15) is 5.75 Å². The lowest BCUT2D eigenvalue weighted by Crippen LogP contribution is -1.99. The summed E-state index contributed by atoms with van der Waals surface area (Å²) >= 11 is 0. The average molecular weight is 247 g/mol. The molecule has 94 valence electrons. The second kappa shape index (κ2) is 5.35. The summed E-state index contributed by atoms with van der Waals surface area (Å²) in [6.45, 7) is 2.63. The van der Waals surface area contributed by atoms with Crippen LogP contribution in [-0.4, -0.2) is 22.7 Å². The molecular weight excluding hydrogens is 234 g/mol. The van der Waals surface area contributed by atoms with Crippen molar-refractivity contribution in [3.8, 4) is 17.1 Å². The van der Waals surface area contributed by atoms with E-state index in [0.29, 0.717) is 17.9 Å². The Kier molecular flexibility index (Phi) is 3.62. The van der Waals surface area contributed by atoms with Crippen LogP contribution in [-0.2, 0) is 0 Å². The molecule has 0 saturated heterocycles. The molecule has 1 N–H and O–H groups in total. The van der Waals surface area contributed by atoms with Crippen LogP contribution in [0.3, 0.4) is 0 Å². The molecule has 0 aliphatic heterocycles. The average Bonchev–Trinajstić information content (AvgIpc) is 2.86. The monoisotopic (exact) mass is 247 g/mol. The lowest BCUT2D eigenvalue weighted by atomic mass is 10.1. The standard InChI is InChI=1S/C13H13NO4/c1-2-6-17-10-5-3-4-9(7-10)12-11(13(15)16)14-8-18-12/h3-5,7-8H,2,6H2,1H3,(H,15,16). The van der Waals surface area contributed by atoms with Crippen LogP contribution >= 0.6 is 0 Å². The molecule has 18 heavy (non-hydrogen) atoms. The molecule has 5 heteroatoms. The molecule has 0 unspecified atom stereocenters. The molecule has 1 heterocycles. The number of carboxylic acids is 1. The Hall–Kier alpha value is -2.30. The lowest BCUT2D eigenvalue weighted by Gasteiger charge is -2.05. The Bertz CT molecular complexity index is 547. The van der Waals surface area contributed by atoms with E-state index in [4.69, 9.17) is 14.3 Å². The Balaban J connectivity index is 2.32. The third kappa shape index (κ3) is 2.51. The quantitative estimate of drug-likeness (QED) is 0.879. The van der Waals surface area contributed by atoms with E-state index in [-0.39, 0.29) is 11.5 Å². The molecule has 1 aromatic heterocycles. The van der Waals surface area contributed by atoms with Gasteiger partial charge in [0.2, 0.25) is 0 Å². The molecule has 1 aromatic carbocycles. The molecule has 0 aliphatic carbocycles. The smallest absolute Gasteiger partial charge is 0.358 e. The maximum Gasteiger partial charge on any atom is 0.358 e. The second-order valence-corrected chi connectivity index (χ2v) is 3.71. The molecule has 0 spiro atoms. The molecule has 0 saturated carbocycles. The van der Waals surface area contributed by atoms with Gasteiger partial charge in [-0.05, 0) is 18.6 Å². The Morgan fingerprint density at radius 2 is 2.33 bits per heavy atom. The Morgan fingerprint density at radius 3 is 3.06 bits per heavy atom. The van der Waals surface area contributed by atoms with E-state index in [1.165, 1.54) is 0 Å². The molecule has 0 amide bonds. The number of rotatable bonds is 5. The third-order valence-corrected chi connectivity index (χ3v) is 2.34. The van der Waals surface area contributed by atoms with Crippen LogP contribution in [0.25, 0.3) is 11.3 Å². The Morgan fingerprint density at radius 1 is 1.50 bits per heavy atom. The van der Waals surface area contributed by atoms with Gasteiger partial charge in [-0.25, -0.2) is 9.78 Å². The van der Waals surface area contributed by atoms with Crippen LogP contribution in [0, 0.1) is 0 Å². The van der Waals surface area contributed by atoms with Crippen LogP contribution in [0.2, 0.25) is 0 Å². The summed E-state index contributed by atoms with van der Waals surface area (Å²) in [5, 5.41) is 8.97. The van der Waals surface area contributed by atoms with Crippen molar-refractivity contribution in [1.29, 1.82) is 0 Å². The number of nitrogens with zero attached hydrogens (tertiary/aromatic N) is 1. The van der Waals surface area contributed by atoms with E-state index < -0.39 is 5.97 Å². The van der Waals surface area contributed by atoms with Crippen LogP contribution in [0.15, 0.2) is 35.1 Å². The van der Waals surface area contributed by atoms with Crippen molar-refractivity contribution in [3.63, 3.8) is 0 Å². The second-order valence-electron chi connectivity index (χ2n) is 3.71. The maximum atomic E-state index is 11.0. The Labute approximate surface area is 104 Å². The normalized spacial score (nSPS) is 10.3. The first kappa shape index (κ1) is 12.2. The predicted octanol–water partition coefficient (Wildman–Crippen LogP) is 2.83. The van der Waals surface area contributed by atoms with Gasteiger partial charge in [-0.1, -0.05) is 19.1 Å². The van der Waals surface area contributed by atoms with E-state index >= 15 is 0 Å². The molecule has 0 fully saturated rings. The van der Waals surface area contributed by atoms with Crippen molar-refractivity contribution in [2.24, 2.45) is 0 Å². The zero-order valence-electron chi connectivity index (χ0n) is 9.92. The topological polar surface area (TPSA) is 72.6 Å². The van der Waals surface area contributed by atoms with Crippen LogP contribution in [0.1, 0.15) is 23.8 Å². The number of carboxylic acid groups (broad SMARTS) is 1. The summed E-state index contributed by atoms with van der Waals surface area (Å²) in [4.78, 5) is 14.6. The van der Waals surface area contributed by atoms with Crippen molar-refractivity contribution in [3.05, 3.63) is 36.4 Å². The SMILES string of the molecule is CCCOc1cccc(-c2ocnc2C(=O)O)c1. The van der Waals surface area contributed by atoms with Crippen LogP contribution < -0.4 is 4.74 Å². The van der Waals surface area contributed by atoms with Gasteiger partial charge in [0.25, 0.3) is 0 Å². The number of benzene rings is 1. The van der Waals surface area contributed by atoms with Crippen LogP contribution in [0.4, 0.5) is 0 Å². The number of hydrogen-bond donors (Lipinski definition) is 1. The zero-order chi connectivity index (χ0) is 13.0. The highest BCUT2D eigenvalue weighted by Crippen LogP contribution is 2.26. The predicted molar refractivity (Wildman–Crippen MR) is 64.7 cm³/mol. The molecule has 0 atom stereocenters. The molecule has 0 bridgehead atoms. The van der Waals surface area contributed by atoms with Crippen molar-refractivity contribution in [1.82, 2.24) is 4.98 Å². The number of aromatic carboxylic acids is 1. The fraction of sp³-hybridized carbons (Fsp3) is 0.231. The maximum absolute atomic E-state index is 11.0. The highest BCUT2D eigenvalue weighted by molar-refractivity contribution is 5.92. The van der Waals surface area contributed by atoms with Gasteiger partial charge in [-0.2, -0.15) is 0 Å². The van der Waals surface area contributed by atoms with Gasteiger partial charge in [-0.3, -0.25) is 0 Å². The number of ether oxygens (including phenoxy) is 1. The van der Waals surface area contributed by atoms with Crippen molar-refractivity contribution >= 4 is 5.97 Å². The van der Waals surface area contributed by atoms with E-state index in [9.17, 15) is 4.79 Å². The van der Waals surface area contributed by atoms with Crippen molar-refractivity contribution in [2.75, 3.05) is 6.61 Å². The summed E-state index contributed by atoms with van der Waals surface area (Å²) in [7, 11) is 0. The fourth-order valence-corrected chi connectivity index (χ4v) is 1.55. The minimum atomic E-state index is -1.11. The van der Waals surface area contributed by atoms with Gasteiger partial charge in [-0.15, -0.1) is 0 Å². The first-order chi connectivity index (χ1) is 8.72. The van der Waals surface area contributed by atoms with E-state index in [1.807, 2.05) is 13.0 Å². The first-order valence-corrected chi connectivity index (χ1v) is 5.62. The van der Waals surface area contributed by atoms with Gasteiger partial charge < -0.3 is 14.3 Å². The summed E-state index contributed by atoms with van der Waals surface area (Å²) in [5.74, 6) is -0.190. The minimum absolute atomic E-state index is 0.0948. The number of carbonyl (C=O) groups is 1. The summed E-state index contributed by atoms with van der Waals surface area (Å²) < 4.78 is 10.6. The van der Waals surface area contributed by atoms with E-state index in [2.05, 4.69) is 4.98 Å². The lowest BCUT2D eigenvalue weighted by molar-refractivity contribution is 0.0691. The van der Waals surface area contributed by atoms with E-state index in [1.54, 1.807) is 18.2 Å². The van der Waals surface area contributed by atoms with Crippen LogP contribution in [0.5, 0.6) is 5.75 Å². The highest BCUT2D eigenvalue weighted by atomic mass is 16.5. The molecule has 2 rings (SSSR count). The molecular formula is C13H13NO4. The molecule has 0 aliphatic rings. The molecule has 2 aromatic rings. The fourth-order valence-electron chi connectivity index (χ4n) is 1.55. The van der Waals surface area contributed by atoms with Gasteiger partial charge >= 0.3 is 5.97 Å². The van der Waals surface area contributed by atoms with Crippen molar-refractivity contribution < 1.29 is 19.1 Å². The highest BCUT2D eigenvalue weighted by Gasteiger charge is 2.17. The zero-order valence-corrected chi connectivity index (χ0v) is 9.92. The van der Waals surface area contributed by atoms with Gasteiger partial charge in [0, 0.05) is 5.56 Å². The summed E-state index contributed by atoms with van der Waals surface area (Å²) in [5.41, 5.74) is 0.543. The number of oxazole rings is 1. The van der Waals surface area contributed by atoms with Crippen molar-refractivity contribution in [2.45, 2.75) is 13.3 Å². The van der Waals surface area contributed by atoms with E-state index in [0.717, 1.165) is 12.8 Å². The number of aromatic nitrogens is 1. The molecule has 5 nitrogen and oxygen atoms in total. The number of hydrogen-bond acceptors (Lipinski definition) is 4. The molecule has 0 radical (unpaired) electrons. The van der Waals surface area contributed by atoms with Gasteiger partial charge in [0.15, 0.2) is 17.8 Å². The van der Waals surface area contributed by atoms with Gasteiger partial charge in [0.05, 0.1) is 6.61 Å². The minimum Gasteiger partial charge on any atom is -0.494 e. The first-order valence-electron chi connectivity index (χ1n) is 5.62. The summed E-state index contributed by atoms with van der Waals surface area (Å²) in [6.07, 6.45) is 2.03.